The minimum Gasteiger partial charge on any atom is -0.425 e. The van der Waals surface area contributed by atoms with Crippen LogP contribution >= 0.6 is 0 Å². The second kappa shape index (κ2) is 6.06. The molecule has 4 atom stereocenters. The number of nitrogens with two attached hydrogens (primary N) is 1. The van der Waals surface area contributed by atoms with E-state index in [1.54, 1.807) is 19.1 Å². The number of hydrogen-bond donors (Lipinski definition) is 1. The van der Waals surface area contributed by atoms with Crippen LogP contribution in [0.25, 0.3) is 0 Å². The van der Waals surface area contributed by atoms with Gasteiger partial charge in [0.15, 0.2) is 5.78 Å². The van der Waals surface area contributed by atoms with E-state index >= 15 is 0 Å². The fourth-order valence-electron chi connectivity index (χ4n) is 4.65. The molecule has 2 N–H and O–H groups in total. The normalized spacial score (nSPS) is 32.3. The number of ether oxygens (including phenoxy) is 1. The Labute approximate surface area is 147 Å². The highest BCUT2D eigenvalue weighted by molar-refractivity contribution is 6.00. The van der Waals surface area contributed by atoms with Crippen LogP contribution in [-0.2, 0) is 15.0 Å². The monoisotopic (exact) mass is 343 g/mol. The first kappa shape index (κ1) is 17.8. The average molecular weight is 343 g/mol. The Morgan fingerprint density at radius 1 is 1.36 bits per heavy atom. The molecule has 0 amide bonds. The Morgan fingerprint density at radius 2 is 2.08 bits per heavy atom. The van der Waals surface area contributed by atoms with Gasteiger partial charge in [-0.1, -0.05) is 26.3 Å². The van der Waals surface area contributed by atoms with Crippen molar-refractivity contribution in [1.82, 2.24) is 0 Å². The number of ketones is 1. The lowest BCUT2D eigenvalue weighted by molar-refractivity contribution is -0.135. The molecule has 3 rings (SSSR count). The van der Waals surface area contributed by atoms with Gasteiger partial charge in [-0.05, 0) is 48.8 Å². The van der Waals surface area contributed by atoms with Crippen molar-refractivity contribution in [2.45, 2.75) is 57.9 Å². The number of Topliss-reactive ketones (excluding diaryl/α,β-unsaturated/α-hetero) is 1. The first-order valence-corrected chi connectivity index (χ1v) is 8.82. The van der Waals surface area contributed by atoms with Crippen LogP contribution in [-0.4, -0.2) is 24.1 Å². The van der Waals surface area contributed by atoms with E-state index in [0.717, 1.165) is 31.1 Å². The quantitative estimate of drug-likeness (QED) is 0.518. The molecule has 1 aromatic carbocycles. The van der Waals surface area contributed by atoms with Gasteiger partial charge in [-0.2, -0.15) is 0 Å². The molecule has 1 aromatic rings. The molecule has 0 saturated heterocycles. The molecule has 0 aliphatic heterocycles. The standard InChI is InChI=1S/C20H25NO4/c1-12(21)18(24)25-13-5-6-15-14(9-13)16(23)10-17-19(2,11-22)7-4-8-20(15,17)3/h5-6,9,11-12,17H,4,7-8,10,21H2,1-3H3. The van der Waals surface area contributed by atoms with Gasteiger partial charge in [0, 0.05) is 17.4 Å². The first-order chi connectivity index (χ1) is 11.7. The van der Waals surface area contributed by atoms with Gasteiger partial charge in [0.05, 0.1) is 0 Å². The Balaban J connectivity index is 2.03. The number of aldehydes is 1. The smallest absolute Gasteiger partial charge is 0.328 e. The summed E-state index contributed by atoms with van der Waals surface area (Å²) in [6.07, 6.45) is 4.11. The lowest BCUT2D eigenvalue weighted by Gasteiger charge is -2.52. The minimum absolute atomic E-state index is 0.00344. The summed E-state index contributed by atoms with van der Waals surface area (Å²) in [5.41, 5.74) is 6.40. The van der Waals surface area contributed by atoms with Crippen molar-refractivity contribution in [2.24, 2.45) is 17.1 Å². The molecule has 2 aliphatic rings. The summed E-state index contributed by atoms with van der Waals surface area (Å²) in [6.45, 7) is 5.68. The zero-order chi connectivity index (χ0) is 18.4. The summed E-state index contributed by atoms with van der Waals surface area (Å²) in [6, 6.07) is 4.51. The summed E-state index contributed by atoms with van der Waals surface area (Å²) in [5.74, 6) is -0.182. The number of hydrogen-bond acceptors (Lipinski definition) is 5. The fraction of sp³-hybridized carbons (Fsp3) is 0.550. The van der Waals surface area contributed by atoms with Gasteiger partial charge in [-0.3, -0.25) is 4.79 Å². The molecule has 1 saturated carbocycles. The van der Waals surface area contributed by atoms with E-state index in [2.05, 4.69) is 6.92 Å². The molecule has 0 heterocycles. The largest absolute Gasteiger partial charge is 0.425 e. The van der Waals surface area contributed by atoms with Crippen LogP contribution in [0.15, 0.2) is 18.2 Å². The summed E-state index contributed by atoms with van der Waals surface area (Å²) in [7, 11) is 0. The van der Waals surface area contributed by atoms with E-state index in [4.69, 9.17) is 10.5 Å². The van der Waals surface area contributed by atoms with Crippen LogP contribution < -0.4 is 10.5 Å². The molecule has 5 heteroatoms. The summed E-state index contributed by atoms with van der Waals surface area (Å²) < 4.78 is 5.25. The molecule has 4 unspecified atom stereocenters. The maximum atomic E-state index is 12.8. The van der Waals surface area contributed by atoms with E-state index in [1.165, 1.54) is 0 Å². The van der Waals surface area contributed by atoms with Gasteiger partial charge in [-0.25, -0.2) is 4.79 Å². The first-order valence-electron chi connectivity index (χ1n) is 8.82. The molecule has 0 spiro atoms. The maximum Gasteiger partial charge on any atom is 0.328 e. The van der Waals surface area contributed by atoms with Crippen LogP contribution in [0.1, 0.15) is 62.4 Å². The molecule has 0 radical (unpaired) electrons. The van der Waals surface area contributed by atoms with Crippen LogP contribution in [0, 0.1) is 11.3 Å². The van der Waals surface area contributed by atoms with Gasteiger partial charge in [0.1, 0.15) is 18.1 Å². The highest BCUT2D eigenvalue weighted by Crippen LogP contribution is 2.56. The number of rotatable bonds is 3. The predicted molar refractivity (Wildman–Crippen MR) is 93.5 cm³/mol. The van der Waals surface area contributed by atoms with E-state index in [9.17, 15) is 14.4 Å². The number of esters is 1. The van der Waals surface area contributed by atoms with E-state index in [0.29, 0.717) is 17.7 Å². The zero-order valence-corrected chi connectivity index (χ0v) is 15.0. The third-order valence-corrected chi connectivity index (χ3v) is 6.13. The van der Waals surface area contributed by atoms with Crippen molar-refractivity contribution in [3.63, 3.8) is 0 Å². The SMILES string of the molecule is CC(N)C(=O)Oc1ccc2c(c1)C(=O)CC1C(C)(C=O)CCCC21C. The van der Waals surface area contributed by atoms with Crippen LogP contribution in [0.4, 0.5) is 0 Å². The maximum absolute atomic E-state index is 12.8. The summed E-state index contributed by atoms with van der Waals surface area (Å²) >= 11 is 0. The number of carbonyl (C=O) groups excluding carboxylic acids is 3. The van der Waals surface area contributed by atoms with E-state index < -0.39 is 17.4 Å². The molecular weight excluding hydrogens is 318 g/mol. The van der Waals surface area contributed by atoms with Crippen LogP contribution in [0.5, 0.6) is 5.75 Å². The van der Waals surface area contributed by atoms with Gasteiger partial charge in [0.25, 0.3) is 0 Å². The average Bonchev–Trinajstić information content (AvgIpc) is 2.57. The highest BCUT2D eigenvalue weighted by atomic mass is 16.5. The van der Waals surface area contributed by atoms with Gasteiger partial charge < -0.3 is 15.3 Å². The lowest BCUT2D eigenvalue weighted by atomic mass is 9.50. The van der Waals surface area contributed by atoms with Crippen molar-refractivity contribution < 1.29 is 19.1 Å². The van der Waals surface area contributed by atoms with Crippen molar-refractivity contribution in [3.8, 4) is 5.75 Å². The van der Waals surface area contributed by atoms with Crippen molar-refractivity contribution >= 4 is 18.0 Å². The number of fused-ring (bicyclic) bond motifs is 3. The molecule has 0 bridgehead atoms. The summed E-state index contributed by atoms with van der Waals surface area (Å²) in [5, 5.41) is 0. The van der Waals surface area contributed by atoms with Crippen molar-refractivity contribution in [2.75, 3.05) is 0 Å². The van der Waals surface area contributed by atoms with Gasteiger partial charge >= 0.3 is 5.97 Å². The molecule has 2 aliphatic carbocycles. The predicted octanol–water partition coefficient (Wildman–Crippen LogP) is 2.79. The van der Waals surface area contributed by atoms with Crippen LogP contribution in [0.2, 0.25) is 0 Å². The Morgan fingerprint density at radius 3 is 2.72 bits per heavy atom. The molecule has 0 aromatic heterocycles. The minimum atomic E-state index is -0.722. The van der Waals surface area contributed by atoms with Crippen molar-refractivity contribution in [3.05, 3.63) is 29.3 Å². The van der Waals surface area contributed by atoms with E-state index in [-0.39, 0.29) is 17.1 Å². The molecule has 134 valence electrons. The van der Waals surface area contributed by atoms with E-state index in [1.807, 2.05) is 13.0 Å². The van der Waals surface area contributed by atoms with Crippen LogP contribution in [0.3, 0.4) is 0 Å². The topological polar surface area (TPSA) is 86.5 Å². The zero-order valence-electron chi connectivity index (χ0n) is 15.0. The third-order valence-electron chi connectivity index (χ3n) is 6.13. The Bertz CT molecular complexity index is 741. The molecule has 5 nitrogen and oxygen atoms in total. The second-order valence-corrected chi connectivity index (χ2v) is 7.99. The molecular formula is C20H25NO4. The lowest BCUT2D eigenvalue weighted by Crippen LogP contribution is -2.51. The number of benzene rings is 1. The molecule has 25 heavy (non-hydrogen) atoms. The van der Waals surface area contributed by atoms with Gasteiger partial charge in [-0.15, -0.1) is 0 Å². The third kappa shape index (κ3) is 2.80. The summed E-state index contributed by atoms with van der Waals surface area (Å²) in [4.78, 5) is 36.2. The highest BCUT2D eigenvalue weighted by Gasteiger charge is 2.53. The Hall–Kier alpha value is -2.01. The fourth-order valence-corrected chi connectivity index (χ4v) is 4.65. The number of carbonyl (C=O) groups is 3. The second-order valence-electron chi connectivity index (χ2n) is 7.99. The molecule has 1 fully saturated rings. The Kier molecular flexibility index (Phi) is 4.31. The van der Waals surface area contributed by atoms with Gasteiger partial charge in [0.2, 0.25) is 0 Å². The van der Waals surface area contributed by atoms with Crippen molar-refractivity contribution in [1.29, 1.82) is 0 Å².